The zero-order chi connectivity index (χ0) is 26.8. The summed E-state index contributed by atoms with van der Waals surface area (Å²) >= 11 is 0. The van der Waals surface area contributed by atoms with Crippen molar-refractivity contribution in [3.8, 4) is 0 Å². The third-order valence-corrected chi connectivity index (χ3v) is 5.10. The van der Waals surface area contributed by atoms with Crippen molar-refractivity contribution in [2.24, 2.45) is 0 Å². The van der Waals surface area contributed by atoms with E-state index in [1.165, 1.54) is 72.8 Å². The number of rotatable bonds is 11. The second kappa shape index (κ2) is 12.8. The maximum Gasteiger partial charge on any atom is 0.338 e. The number of benzene rings is 3. The van der Waals surface area contributed by atoms with E-state index in [0.29, 0.717) is 0 Å². The molecule has 0 spiro atoms. The average molecular weight is 506 g/mol. The number of hydrogen-bond donors (Lipinski definition) is 2. The molecule has 190 valence electrons. The normalized spacial score (nSPS) is 13.8. The summed E-state index contributed by atoms with van der Waals surface area (Å²) in [5.74, 6) is -4.97. The zero-order valence-corrected chi connectivity index (χ0v) is 19.2. The molecule has 10 nitrogen and oxygen atoms in total. The van der Waals surface area contributed by atoms with Gasteiger partial charge in [-0.25, -0.2) is 19.2 Å². The predicted molar refractivity (Wildman–Crippen MR) is 127 cm³/mol. The van der Waals surface area contributed by atoms with E-state index in [-0.39, 0.29) is 23.0 Å². The molecule has 0 heterocycles. The Balaban J connectivity index is 1.99. The Bertz CT molecular complexity index is 1230. The van der Waals surface area contributed by atoms with Crippen LogP contribution in [-0.2, 0) is 23.8 Å². The predicted octanol–water partition coefficient (Wildman–Crippen LogP) is 2.31. The standard InChI is InChI=1S/C27H22O10/c28-16-20(35-25(32)17-10-4-1-5-11-17)22(36-26(33)18-12-6-2-7-13-18)23(21(29)24(30)31)37-27(34)19-14-8-3-9-15-19/h1-16,20-23,29H,(H,30,31)/t20-,21-,22+,23+/m0/s1. The number of hydrogen-bond acceptors (Lipinski definition) is 9. The van der Waals surface area contributed by atoms with Gasteiger partial charge in [0.15, 0.2) is 30.7 Å². The van der Waals surface area contributed by atoms with E-state index in [4.69, 9.17) is 14.2 Å². The summed E-state index contributed by atoms with van der Waals surface area (Å²) in [6.07, 6.45) is -8.50. The summed E-state index contributed by atoms with van der Waals surface area (Å²) in [6, 6.07) is 22.3. The molecule has 3 rings (SSSR count). The van der Waals surface area contributed by atoms with E-state index < -0.39 is 48.3 Å². The molecule has 0 aliphatic heterocycles. The Hall–Kier alpha value is -4.83. The number of aliphatic hydroxyl groups is 1. The van der Waals surface area contributed by atoms with Gasteiger partial charge in [-0.3, -0.25) is 4.79 Å². The molecular weight excluding hydrogens is 484 g/mol. The quantitative estimate of drug-likeness (QED) is 0.225. The highest BCUT2D eigenvalue weighted by atomic mass is 16.6. The summed E-state index contributed by atoms with van der Waals surface area (Å²) in [5, 5.41) is 19.9. The lowest BCUT2D eigenvalue weighted by atomic mass is 10.0. The first-order chi connectivity index (χ1) is 17.8. The number of carboxylic acids is 1. The fourth-order valence-electron chi connectivity index (χ4n) is 3.24. The highest BCUT2D eigenvalue weighted by Crippen LogP contribution is 2.20. The first kappa shape index (κ1) is 26.8. The molecule has 3 aromatic rings. The number of carbonyl (C=O) groups is 5. The number of aliphatic hydroxyl groups excluding tert-OH is 1. The van der Waals surface area contributed by atoms with E-state index in [9.17, 15) is 34.2 Å². The molecule has 0 aliphatic rings. The Morgan fingerprint density at radius 1 is 0.595 bits per heavy atom. The summed E-state index contributed by atoms with van der Waals surface area (Å²) in [7, 11) is 0. The van der Waals surface area contributed by atoms with Crippen molar-refractivity contribution in [3.63, 3.8) is 0 Å². The zero-order valence-electron chi connectivity index (χ0n) is 19.2. The minimum absolute atomic E-state index is 0.00415. The van der Waals surface area contributed by atoms with Crippen molar-refractivity contribution >= 4 is 30.2 Å². The number of ether oxygens (including phenoxy) is 3. The monoisotopic (exact) mass is 506 g/mol. The second-order valence-corrected chi connectivity index (χ2v) is 7.63. The second-order valence-electron chi connectivity index (χ2n) is 7.63. The highest BCUT2D eigenvalue weighted by molar-refractivity contribution is 5.92. The van der Waals surface area contributed by atoms with Gasteiger partial charge in [0.25, 0.3) is 0 Å². The number of carboxylic acid groups (broad SMARTS) is 1. The van der Waals surface area contributed by atoms with Gasteiger partial charge in [-0.05, 0) is 36.4 Å². The van der Waals surface area contributed by atoms with Gasteiger partial charge >= 0.3 is 23.9 Å². The molecule has 37 heavy (non-hydrogen) atoms. The van der Waals surface area contributed by atoms with Crippen LogP contribution in [0.4, 0.5) is 0 Å². The Morgan fingerprint density at radius 3 is 1.30 bits per heavy atom. The Kier molecular flexibility index (Phi) is 9.23. The maximum absolute atomic E-state index is 12.8. The van der Waals surface area contributed by atoms with Crippen molar-refractivity contribution < 1.29 is 48.4 Å². The van der Waals surface area contributed by atoms with Crippen LogP contribution in [0.3, 0.4) is 0 Å². The molecule has 3 aromatic carbocycles. The van der Waals surface area contributed by atoms with E-state index in [1.807, 2.05) is 0 Å². The number of esters is 3. The Morgan fingerprint density at radius 2 is 0.946 bits per heavy atom. The average Bonchev–Trinajstić information content (AvgIpc) is 2.94. The van der Waals surface area contributed by atoms with Crippen LogP contribution in [0.5, 0.6) is 0 Å². The SMILES string of the molecule is O=C[C@H](OC(=O)c1ccccc1)[C@@H](OC(=O)c1ccccc1)[C@H](OC(=O)c1ccccc1)[C@H](O)C(=O)O. The molecule has 10 heteroatoms. The van der Waals surface area contributed by atoms with Gasteiger partial charge in [-0.2, -0.15) is 0 Å². The first-order valence-electron chi connectivity index (χ1n) is 11.0. The first-order valence-corrected chi connectivity index (χ1v) is 11.0. The minimum Gasteiger partial charge on any atom is -0.479 e. The van der Waals surface area contributed by atoms with Gasteiger partial charge in [0, 0.05) is 0 Å². The van der Waals surface area contributed by atoms with Crippen LogP contribution >= 0.6 is 0 Å². The summed E-state index contributed by atoms with van der Waals surface area (Å²) < 4.78 is 15.8. The molecule has 4 atom stereocenters. The molecule has 0 unspecified atom stereocenters. The van der Waals surface area contributed by atoms with Crippen LogP contribution in [0, 0.1) is 0 Å². The number of aliphatic carboxylic acids is 1. The molecule has 0 saturated heterocycles. The molecule has 0 saturated carbocycles. The Labute approximate surface area is 211 Å². The lowest BCUT2D eigenvalue weighted by Crippen LogP contribution is -2.53. The van der Waals surface area contributed by atoms with Crippen LogP contribution in [0.1, 0.15) is 31.1 Å². The molecule has 0 amide bonds. The lowest BCUT2D eigenvalue weighted by Gasteiger charge is -2.31. The summed E-state index contributed by atoms with van der Waals surface area (Å²) in [5.41, 5.74) is 0.0331. The van der Waals surface area contributed by atoms with Crippen molar-refractivity contribution in [2.45, 2.75) is 24.4 Å². The summed E-state index contributed by atoms with van der Waals surface area (Å²) in [6.45, 7) is 0. The summed E-state index contributed by atoms with van der Waals surface area (Å²) in [4.78, 5) is 61.9. The van der Waals surface area contributed by atoms with E-state index in [2.05, 4.69) is 0 Å². The van der Waals surface area contributed by atoms with E-state index >= 15 is 0 Å². The molecular formula is C27H22O10. The van der Waals surface area contributed by atoms with Crippen LogP contribution in [-0.4, -0.2) is 64.8 Å². The van der Waals surface area contributed by atoms with Crippen molar-refractivity contribution in [1.82, 2.24) is 0 Å². The van der Waals surface area contributed by atoms with Crippen LogP contribution in [0.2, 0.25) is 0 Å². The third kappa shape index (κ3) is 7.09. The van der Waals surface area contributed by atoms with Gasteiger partial charge in [0.05, 0.1) is 16.7 Å². The van der Waals surface area contributed by atoms with E-state index in [0.717, 1.165) is 0 Å². The highest BCUT2D eigenvalue weighted by Gasteiger charge is 2.45. The third-order valence-electron chi connectivity index (χ3n) is 5.10. The molecule has 0 bridgehead atoms. The molecule has 0 aromatic heterocycles. The minimum atomic E-state index is -2.46. The molecule has 0 radical (unpaired) electrons. The van der Waals surface area contributed by atoms with Gasteiger partial charge in [0.1, 0.15) is 0 Å². The fraction of sp³-hybridized carbons (Fsp3) is 0.148. The molecule has 0 fully saturated rings. The molecule has 2 N–H and O–H groups in total. The largest absolute Gasteiger partial charge is 0.479 e. The van der Waals surface area contributed by atoms with Gasteiger partial charge in [-0.15, -0.1) is 0 Å². The van der Waals surface area contributed by atoms with Crippen LogP contribution < -0.4 is 0 Å². The van der Waals surface area contributed by atoms with Gasteiger partial charge in [0.2, 0.25) is 0 Å². The van der Waals surface area contributed by atoms with Crippen molar-refractivity contribution in [1.29, 1.82) is 0 Å². The fourth-order valence-corrected chi connectivity index (χ4v) is 3.24. The van der Waals surface area contributed by atoms with E-state index in [1.54, 1.807) is 18.2 Å². The topological polar surface area (TPSA) is 154 Å². The number of aldehydes is 1. The smallest absolute Gasteiger partial charge is 0.338 e. The van der Waals surface area contributed by atoms with Crippen LogP contribution in [0.25, 0.3) is 0 Å². The lowest BCUT2D eigenvalue weighted by molar-refractivity contribution is -0.165. The van der Waals surface area contributed by atoms with Gasteiger partial charge < -0.3 is 24.4 Å². The van der Waals surface area contributed by atoms with Crippen molar-refractivity contribution in [3.05, 3.63) is 108 Å². The van der Waals surface area contributed by atoms with Crippen molar-refractivity contribution in [2.75, 3.05) is 0 Å². The molecule has 0 aliphatic carbocycles. The van der Waals surface area contributed by atoms with Crippen LogP contribution in [0.15, 0.2) is 91.0 Å². The van der Waals surface area contributed by atoms with Gasteiger partial charge in [-0.1, -0.05) is 54.6 Å². The number of carbonyl (C=O) groups excluding carboxylic acids is 4. The maximum atomic E-state index is 12.8.